The summed E-state index contributed by atoms with van der Waals surface area (Å²) in [6.45, 7) is 0.562. The molecule has 1 spiro atoms. The SMILES string of the molecule is COc1ccc(C(=O)N2CCC3(CC2)OCC(C(=O)O)N3C(=O)c2ccco2)cc1. The Morgan fingerprint density at radius 3 is 2.37 bits per heavy atom. The Hall–Kier alpha value is -3.33. The first-order valence-corrected chi connectivity index (χ1v) is 9.62. The summed E-state index contributed by atoms with van der Waals surface area (Å²) >= 11 is 0. The second-order valence-electron chi connectivity index (χ2n) is 7.28. The summed E-state index contributed by atoms with van der Waals surface area (Å²) in [6, 6.07) is 8.81. The highest BCUT2D eigenvalue weighted by molar-refractivity contribution is 5.96. The summed E-state index contributed by atoms with van der Waals surface area (Å²) in [5.74, 6) is -1.08. The zero-order valence-electron chi connectivity index (χ0n) is 16.4. The molecule has 1 aromatic heterocycles. The van der Waals surface area contributed by atoms with Gasteiger partial charge in [0.25, 0.3) is 11.8 Å². The van der Waals surface area contributed by atoms with Crippen molar-refractivity contribution in [1.82, 2.24) is 9.80 Å². The molecule has 0 aliphatic carbocycles. The van der Waals surface area contributed by atoms with E-state index in [1.54, 1.807) is 42.3 Å². The monoisotopic (exact) mass is 414 g/mol. The smallest absolute Gasteiger partial charge is 0.328 e. The van der Waals surface area contributed by atoms with Gasteiger partial charge in [-0.3, -0.25) is 14.5 Å². The molecule has 4 rings (SSSR count). The lowest BCUT2D eigenvalue weighted by Crippen LogP contribution is -2.58. The van der Waals surface area contributed by atoms with Crippen molar-refractivity contribution in [1.29, 1.82) is 0 Å². The van der Waals surface area contributed by atoms with Gasteiger partial charge in [0.15, 0.2) is 11.8 Å². The van der Waals surface area contributed by atoms with Crippen LogP contribution in [0.4, 0.5) is 0 Å². The number of ether oxygens (including phenoxy) is 2. The minimum absolute atomic E-state index is 0.0582. The van der Waals surface area contributed by atoms with Gasteiger partial charge in [-0.25, -0.2) is 4.79 Å². The number of likely N-dealkylation sites (tertiary alicyclic amines) is 1. The van der Waals surface area contributed by atoms with E-state index in [4.69, 9.17) is 13.9 Å². The molecule has 30 heavy (non-hydrogen) atoms. The maximum Gasteiger partial charge on any atom is 0.328 e. The predicted molar refractivity (Wildman–Crippen MR) is 103 cm³/mol. The molecular formula is C21H22N2O7. The Balaban J connectivity index is 1.51. The highest BCUT2D eigenvalue weighted by Crippen LogP contribution is 2.38. The molecule has 0 bridgehead atoms. The molecular weight excluding hydrogens is 392 g/mol. The van der Waals surface area contributed by atoms with Crippen molar-refractivity contribution < 1.29 is 33.4 Å². The molecule has 1 unspecified atom stereocenters. The van der Waals surface area contributed by atoms with Crippen LogP contribution in [0, 0.1) is 0 Å². The van der Waals surface area contributed by atoms with Gasteiger partial charge in [-0.05, 0) is 36.4 Å². The van der Waals surface area contributed by atoms with Crippen LogP contribution in [0.1, 0.15) is 33.8 Å². The number of benzene rings is 1. The Morgan fingerprint density at radius 1 is 1.10 bits per heavy atom. The van der Waals surface area contributed by atoms with E-state index in [0.717, 1.165) is 0 Å². The van der Waals surface area contributed by atoms with E-state index in [1.165, 1.54) is 17.2 Å². The van der Waals surface area contributed by atoms with E-state index >= 15 is 0 Å². The molecule has 1 atom stereocenters. The first kappa shape index (κ1) is 20.0. The maximum absolute atomic E-state index is 13.0. The third-order valence-electron chi connectivity index (χ3n) is 5.67. The molecule has 2 aliphatic rings. The third kappa shape index (κ3) is 3.41. The number of amides is 2. The minimum atomic E-state index is -1.14. The van der Waals surface area contributed by atoms with Gasteiger partial charge in [-0.2, -0.15) is 0 Å². The summed E-state index contributed by atoms with van der Waals surface area (Å²) in [7, 11) is 1.56. The Labute approximate surface area is 172 Å². The van der Waals surface area contributed by atoms with Crippen LogP contribution in [-0.2, 0) is 9.53 Å². The van der Waals surface area contributed by atoms with Gasteiger partial charge in [0.1, 0.15) is 11.5 Å². The van der Waals surface area contributed by atoms with Crippen LogP contribution >= 0.6 is 0 Å². The average Bonchev–Trinajstić information content (AvgIpc) is 3.42. The number of aliphatic carboxylic acids is 1. The zero-order valence-corrected chi connectivity index (χ0v) is 16.4. The highest BCUT2D eigenvalue weighted by Gasteiger charge is 2.54. The molecule has 1 N–H and O–H groups in total. The number of furan rings is 1. The van der Waals surface area contributed by atoms with Crippen molar-refractivity contribution in [3.63, 3.8) is 0 Å². The summed E-state index contributed by atoms with van der Waals surface area (Å²) in [5, 5.41) is 9.60. The number of nitrogens with zero attached hydrogens (tertiary/aromatic N) is 2. The summed E-state index contributed by atoms with van der Waals surface area (Å²) < 4.78 is 16.2. The number of methoxy groups -OCH3 is 1. The number of carbonyl (C=O) groups is 3. The molecule has 0 saturated carbocycles. The maximum atomic E-state index is 13.0. The molecule has 2 aromatic rings. The van der Waals surface area contributed by atoms with Crippen LogP contribution in [0.25, 0.3) is 0 Å². The van der Waals surface area contributed by atoms with E-state index in [0.29, 0.717) is 37.2 Å². The fourth-order valence-corrected chi connectivity index (χ4v) is 4.05. The van der Waals surface area contributed by atoms with Crippen molar-refractivity contribution in [2.45, 2.75) is 24.6 Å². The van der Waals surface area contributed by atoms with Gasteiger partial charge >= 0.3 is 5.97 Å². The normalized spacial score (nSPS) is 20.4. The fourth-order valence-electron chi connectivity index (χ4n) is 4.05. The number of carboxylic acid groups (broad SMARTS) is 1. The van der Waals surface area contributed by atoms with Gasteiger partial charge in [-0.1, -0.05) is 0 Å². The van der Waals surface area contributed by atoms with Crippen molar-refractivity contribution in [2.75, 3.05) is 26.8 Å². The van der Waals surface area contributed by atoms with E-state index in [1.807, 2.05) is 0 Å². The second-order valence-corrected chi connectivity index (χ2v) is 7.28. The molecule has 1 aromatic carbocycles. The van der Waals surface area contributed by atoms with E-state index in [-0.39, 0.29) is 18.3 Å². The van der Waals surface area contributed by atoms with Crippen LogP contribution in [0.15, 0.2) is 47.1 Å². The molecule has 2 aliphatic heterocycles. The minimum Gasteiger partial charge on any atom is -0.497 e. The number of rotatable bonds is 4. The summed E-state index contributed by atoms with van der Waals surface area (Å²) in [6.07, 6.45) is 1.99. The van der Waals surface area contributed by atoms with Crippen molar-refractivity contribution >= 4 is 17.8 Å². The number of piperidine rings is 1. The van der Waals surface area contributed by atoms with Gasteiger partial charge < -0.3 is 23.9 Å². The summed E-state index contributed by atoms with van der Waals surface area (Å²) in [4.78, 5) is 40.5. The highest BCUT2D eigenvalue weighted by atomic mass is 16.5. The van der Waals surface area contributed by atoms with E-state index in [9.17, 15) is 19.5 Å². The Bertz CT molecular complexity index is 931. The van der Waals surface area contributed by atoms with Crippen LogP contribution in [-0.4, -0.2) is 71.3 Å². The van der Waals surface area contributed by atoms with E-state index in [2.05, 4.69) is 0 Å². The van der Waals surface area contributed by atoms with Crippen LogP contribution < -0.4 is 4.74 Å². The number of hydrogen-bond acceptors (Lipinski definition) is 6. The summed E-state index contributed by atoms with van der Waals surface area (Å²) in [5.41, 5.74) is -0.546. The van der Waals surface area contributed by atoms with Gasteiger partial charge in [0, 0.05) is 31.5 Å². The third-order valence-corrected chi connectivity index (χ3v) is 5.67. The van der Waals surface area contributed by atoms with Crippen molar-refractivity contribution in [2.24, 2.45) is 0 Å². The first-order valence-electron chi connectivity index (χ1n) is 9.62. The average molecular weight is 414 g/mol. The number of carbonyl (C=O) groups excluding carboxylic acids is 2. The molecule has 0 radical (unpaired) electrons. The molecule has 2 fully saturated rings. The van der Waals surface area contributed by atoms with Crippen LogP contribution in [0.5, 0.6) is 5.75 Å². The standard InChI is InChI=1S/C21H22N2O7/c1-28-15-6-4-14(5-7-15)18(24)22-10-8-21(9-11-22)23(16(13-30-21)20(26)27)19(25)17-3-2-12-29-17/h2-7,12,16H,8-11,13H2,1H3,(H,26,27). The number of carboxylic acids is 1. The Kier molecular flexibility index (Phi) is 5.21. The van der Waals surface area contributed by atoms with Gasteiger partial charge in [0.2, 0.25) is 0 Å². The lowest BCUT2D eigenvalue weighted by atomic mass is 9.96. The topological polar surface area (TPSA) is 110 Å². The van der Waals surface area contributed by atoms with Crippen LogP contribution in [0.3, 0.4) is 0 Å². The second kappa shape index (κ2) is 7.83. The predicted octanol–water partition coefficient (Wildman–Crippen LogP) is 1.85. The van der Waals surface area contributed by atoms with Gasteiger partial charge in [-0.15, -0.1) is 0 Å². The molecule has 2 amide bonds. The molecule has 158 valence electrons. The fraction of sp³-hybridized carbons (Fsp3) is 0.381. The molecule has 2 saturated heterocycles. The van der Waals surface area contributed by atoms with Crippen molar-refractivity contribution in [3.8, 4) is 5.75 Å². The number of hydrogen-bond donors (Lipinski definition) is 1. The molecule has 9 heteroatoms. The van der Waals surface area contributed by atoms with E-state index < -0.39 is 23.6 Å². The van der Waals surface area contributed by atoms with Crippen molar-refractivity contribution in [3.05, 3.63) is 54.0 Å². The molecule has 3 heterocycles. The Morgan fingerprint density at radius 2 is 1.80 bits per heavy atom. The lowest BCUT2D eigenvalue weighted by molar-refractivity contribution is -0.143. The van der Waals surface area contributed by atoms with Crippen LogP contribution in [0.2, 0.25) is 0 Å². The lowest BCUT2D eigenvalue weighted by Gasteiger charge is -2.43. The quantitative estimate of drug-likeness (QED) is 0.813. The largest absolute Gasteiger partial charge is 0.497 e. The first-order chi connectivity index (χ1) is 14.4. The zero-order chi connectivity index (χ0) is 21.3. The van der Waals surface area contributed by atoms with Gasteiger partial charge in [0.05, 0.1) is 20.0 Å². The molecule has 9 nitrogen and oxygen atoms in total.